The highest BCUT2D eigenvalue weighted by Gasteiger charge is 2.28. The molecule has 0 radical (unpaired) electrons. The molecule has 0 atom stereocenters. The van der Waals surface area contributed by atoms with Crippen LogP contribution in [0.3, 0.4) is 0 Å². The molecule has 0 saturated carbocycles. The van der Waals surface area contributed by atoms with Crippen LogP contribution in [0, 0.1) is 0 Å². The molecule has 6 nitrogen and oxygen atoms in total. The molecule has 1 aliphatic rings. The molecule has 1 N–H and O–H groups in total. The van der Waals surface area contributed by atoms with Crippen molar-refractivity contribution in [1.29, 1.82) is 0 Å². The van der Waals surface area contributed by atoms with Gasteiger partial charge in [0.1, 0.15) is 0 Å². The van der Waals surface area contributed by atoms with E-state index in [1.165, 1.54) is 10.4 Å². The van der Waals surface area contributed by atoms with Crippen LogP contribution in [0.4, 0.5) is 5.69 Å². The monoisotopic (exact) mass is 451 g/mol. The van der Waals surface area contributed by atoms with E-state index in [4.69, 9.17) is 0 Å². The first-order valence-corrected chi connectivity index (χ1v) is 11.0. The van der Waals surface area contributed by atoms with E-state index in [-0.39, 0.29) is 10.8 Å². The fourth-order valence-corrected chi connectivity index (χ4v) is 4.95. The first-order chi connectivity index (χ1) is 12.9. The molecule has 2 aromatic carbocycles. The molecule has 1 amide bonds. The molecule has 0 aliphatic carbocycles. The first-order valence-electron chi connectivity index (χ1n) is 8.80. The van der Waals surface area contributed by atoms with Crippen molar-refractivity contribution in [3.8, 4) is 0 Å². The number of anilines is 1. The number of carbonyl (C=O) groups excluding carboxylic acids is 1. The molecular weight excluding hydrogens is 430 g/mol. The van der Waals surface area contributed by atoms with Crippen molar-refractivity contribution >= 4 is 37.5 Å². The van der Waals surface area contributed by atoms with Crippen molar-refractivity contribution < 1.29 is 13.2 Å². The van der Waals surface area contributed by atoms with E-state index in [2.05, 4.69) is 33.1 Å². The topological polar surface area (TPSA) is 69.7 Å². The average molecular weight is 452 g/mol. The standard InChI is InChI=1S/C19H22BrN3O3S/c1-2-22-10-12-23(13-11-22)27(25,26)16-7-5-6-15(14-16)21-19(24)17-8-3-4-9-18(17)20/h3-9,14H,2,10-13H2,1H3,(H,21,24). The minimum absolute atomic E-state index is 0.192. The van der Waals surface area contributed by atoms with Crippen molar-refractivity contribution in [3.05, 3.63) is 58.6 Å². The zero-order chi connectivity index (χ0) is 19.4. The molecule has 0 bridgehead atoms. The summed E-state index contributed by atoms with van der Waals surface area (Å²) < 4.78 is 28.1. The third kappa shape index (κ3) is 4.57. The maximum atomic E-state index is 12.9. The van der Waals surface area contributed by atoms with Crippen molar-refractivity contribution in [3.63, 3.8) is 0 Å². The number of hydrogen-bond acceptors (Lipinski definition) is 4. The van der Waals surface area contributed by atoms with E-state index in [1.54, 1.807) is 36.4 Å². The number of benzene rings is 2. The summed E-state index contributed by atoms with van der Waals surface area (Å²) in [7, 11) is -3.58. The molecule has 2 aromatic rings. The van der Waals surface area contributed by atoms with Gasteiger partial charge in [0.05, 0.1) is 10.5 Å². The Bertz CT molecular complexity index is 925. The Morgan fingerprint density at radius 2 is 1.78 bits per heavy atom. The summed E-state index contributed by atoms with van der Waals surface area (Å²) in [6, 6.07) is 13.5. The second-order valence-electron chi connectivity index (χ2n) is 6.30. The predicted octanol–water partition coefficient (Wildman–Crippen LogP) is 3.03. The van der Waals surface area contributed by atoms with Crippen LogP contribution in [0.5, 0.6) is 0 Å². The summed E-state index contributed by atoms with van der Waals surface area (Å²) in [6.45, 7) is 5.40. The summed E-state index contributed by atoms with van der Waals surface area (Å²) in [5, 5.41) is 2.77. The average Bonchev–Trinajstić information content (AvgIpc) is 2.68. The van der Waals surface area contributed by atoms with Gasteiger partial charge in [-0.3, -0.25) is 4.79 Å². The van der Waals surface area contributed by atoms with Crippen LogP contribution in [-0.2, 0) is 10.0 Å². The molecular formula is C19H22BrN3O3S. The number of rotatable bonds is 5. The van der Waals surface area contributed by atoms with Crippen LogP contribution in [0.15, 0.2) is 57.9 Å². The molecule has 1 fully saturated rings. The molecule has 0 aromatic heterocycles. The van der Waals surface area contributed by atoms with E-state index in [0.29, 0.717) is 28.8 Å². The SMILES string of the molecule is CCN1CCN(S(=O)(=O)c2cccc(NC(=O)c3ccccc3Br)c2)CC1. The number of nitrogens with one attached hydrogen (secondary N) is 1. The predicted molar refractivity (Wildman–Crippen MR) is 109 cm³/mol. The van der Waals surface area contributed by atoms with Crippen molar-refractivity contribution in [2.45, 2.75) is 11.8 Å². The summed E-state index contributed by atoms with van der Waals surface area (Å²) in [4.78, 5) is 14.9. The zero-order valence-corrected chi connectivity index (χ0v) is 17.5. The fourth-order valence-electron chi connectivity index (χ4n) is 3.01. The van der Waals surface area contributed by atoms with Crippen LogP contribution in [0.1, 0.15) is 17.3 Å². The molecule has 1 heterocycles. The lowest BCUT2D eigenvalue weighted by molar-refractivity contribution is 0.102. The van der Waals surface area contributed by atoms with Crippen LogP contribution >= 0.6 is 15.9 Å². The Morgan fingerprint density at radius 3 is 2.44 bits per heavy atom. The number of sulfonamides is 1. The lowest BCUT2D eigenvalue weighted by Gasteiger charge is -2.33. The van der Waals surface area contributed by atoms with Gasteiger partial charge in [-0.2, -0.15) is 4.31 Å². The van der Waals surface area contributed by atoms with Gasteiger partial charge in [0.2, 0.25) is 10.0 Å². The van der Waals surface area contributed by atoms with Crippen molar-refractivity contribution in [2.75, 3.05) is 38.0 Å². The first kappa shape index (κ1) is 20.0. The molecule has 27 heavy (non-hydrogen) atoms. The van der Waals surface area contributed by atoms with Gasteiger partial charge >= 0.3 is 0 Å². The number of likely N-dealkylation sites (N-methyl/N-ethyl adjacent to an activating group) is 1. The quantitative estimate of drug-likeness (QED) is 0.758. The summed E-state index contributed by atoms with van der Waals surface area (Å²) in [5.41, 5.74) is 0.936. The zero-order valence-electron chi connectivity index (χ0n) is 15.1. The van der Waals surface area contributed by atoms with E-state index >= 15 is 0 Å². The Hall–Kier alpha value is -1.74. The lowest BCUT2D eigenvalue weighted by Crippen LogP contribution is -2.48. The third-order valence-electron chi connectivity index (χ3n) is 4.63. The number of hydrogen-bond donors (Lipinski definition) is 1. The van der Waals surface area contributed by atoms with Gasteiger partial charge in [0.15, 0.2) is 0 Å². The minimum Gasteiger partial charge on any atom is -0.322 e. The number of piperazine rings is 1. The number of halogens is 1. The Kier molecular flexibility index (Phi) is 6.31. The van der Waals surface area contributed by atoms with Crippen LogP contribution in [0.2, 0.25) is 0 Å². The molecule has 0 spiro atoms. The number of carbonyl (C=O) groups is 1. The summed E-state index contributed by atoms with van der Waals surface area (Å²) in [5.74, 6) is -0.298. The normalized spacial score (nSPS) is 16.2. The Morgan fingerprint density at radius 1 is 1.07 bits per heavy atom. The highest BCUT2D eigenvalue weighted by Crippen LogP contribution is 2.22. The van der Waals surface area contributed by atoms with E-state index < -0.39 is 10.0 Å². The van der Waals surface area contributed by atoms with Gasteiger partial charge in [-0.25, -0.2) is 8.42 Å². The minimum atomic E-state index is -3.58. The van der Waals surface area contributed by atoms with Gasteiger partial charge in [-0.05, 0) is 52.8 Å². The van der Waals surface area contributed by atoms with Gasteiger partial charge in [-0.1, -0.05) is 25.1 Å². The lowest BCUT2D eigenvalue weighted by atomic mass is 10.2. The summed E-state index contributed by atoms with van der Waals surface area (Å²) >= 11 is 3.35. The number of amides is 1. The van der Waals surface area contributed by atoms with Gasteiger partial charge in [0.25, 0.3) is 5.91 Å². The second kappa shape index (κ2) is 8.52. The van der Waals surface area contributed by atoms with Gasteiger partial charge in [0, 0.05) is 36.3 Å². The maximum Gasteiger partial charge on any atom is 0.256 e. The molecule has 144 valence electrons. The highest BCUT2D eigenvalue weighted by molar-refractivity contribution is 9.10. The van der Waals surface area contributed by atoms with Crippen LogP contribution in [-0.4, -0.2) is 56.3 Å². The smallest absolute Gasteiger partial charge is 0.256 e. The molecule has 8 heteroatoms. The van der Waals surface area contributed by atoms with Crippen molar-refractivity contribution in [2.24, 2.45) is 0 Å². The van der Waals surface area contributed by atoms with E-state index in [1.807, 2.05) is 6.07 Å². The molecule has 1 saturated heterocycles. The highest BCUT2D eigenvalue weighted by atomic mass is 79.9. The van der Waals surface area contributed by atoms with Gasteiger partial charge < -0.3 is 10.2 Å². The maximum absolute atomic E-state index is 12.9. The fraction of sp³-hybridized carbons (Fsp3) is 0.316. The molecule has 3 rings (SSSR count). The Balaban J connectivity index is 1.77. The largest absolute Gasteiger partial charge is 0.322 e. The second-order valence-corrected chi connectivity index (χ2v) is 9.09. The number of nitrogens with zero attached hydrogens (tertiary/aromatic N) is 2. The van der Waals surface area contributed by atoms with Crippen LogP contribution in [0.25, 0.3) is 0 Å². The van der Waals surface area contributed by atoms with Crippen molar-refractivity contribution in [1.82, 2.24) is 9.21 Å². The third-order valence-corrected chi connectivity index (χ3v) is 7.21. The molecule has 1 aliphatic heterocycles. The Labute approximate surface area is 168 Å². The van der Waals surface area contributed by atoms with Crippen LogP contribution < -0.4 is 5.32 Å². The van der Waals surface area contributed by atoms with E-state index in [9.17, 15) is 13.2 Å². The summed E-state index contributed by atoms with van der Waals surface area (Å²) in [6.07, 6.45) is 0. The van der Waals surface area contributed by atoms with Gasteiger partial charge in [-0.15, -0.1) is 0 Å². The molecule has 0 unspecified atom stereocenters. The van der Waals surface area contributed by atoms with E-state index in [0.717, 1.165) is 19.6 Å².